The first kappa shape index (κ1) is 13.8. The van der Waals surface area contributed by atoms with Crippen molar-refractivity contribution < 1.29 is 14.6 Å². The summed E-state index contributed by atoms with van der Waals surface area (Å²) in [5.41, 5.74) is 1.03. The number of methoxy groups -OCH3 is 1. The number of halogens is 1. The van der Waals surface area contributed by atoms with E-state index in [1.165, 1.54) is 0 Å². The monoisotopic (exact) mass is 320 g/mol. The molecule has 1 atom stereocenters. The van der Waals surface area contributed by atoms with Gasteiger partial charge in [0.25, 0.3) is 0 Å². The van der Waals surface area contributed by atoms with Gasteiger partial charge in [-0.15, -0.1) is 0 Å². The van der Waals surface area contributed by atoms with E-state index >= 15 is 0 Å². The van der Waals surface area contributed by atoms with Crippen LogP contribution in [0.4, 0.5) is 0 Å². The quantitative estimate of drug-likeness (QED) is 0.878. The highest BCUT2D eigenvalue weighted by molar-refractivity contribution is 9.10. The summed E-state index contributed by atoms with van der Waals surface area (Å²) in [4.78, 5) is 12.1. The summed E-state index contributed by atoms with van der Waals surface area (Å²) in [5.74, 6) is 0.347. The second-order valence-electron chi connectivity index (χ2n) is 4.05. The van der Waals surface area contributed by atoms with Gasteiger partial charge >= 0.3 is 0 Å². The van der Waals surface area contributed by atoms with Gasteiger partial charge in [0, 0.05) is 10.0 Å². The molecule has 4 heteroatoms. The van der Waals surface area contributed by atoms with Gasteiger partial charge in [-0.3, -0.25) is 4.79 Å². The Bertz CT molecular complexity index is 561. The maximum atomic E-state index is 12.1. The fourth-order valence-electron chi connectivity index (χ4n) is 1.71. The summed E-state index contributed by atoms with van der Waals surface area (Å²) in [6, 6.07) is 13.7. The maximum Gasteiger partial charge on any atom is 0.195 e. The molecule has 1 N–H and O–H groups in total. The van der Waals surface area contributed by atoms with Crippen LogP contribution in [-0.2, 0) is 0 Å². The van der Waals surface area contributed by atoms with Gasteiger partial charge in [0.2, 0.25) is 0 Å². The molecule has 98 valence electrons. The molecule has 0 aromatic heterocycles. The highest BCUT2D eigenvalue weighted by Crippen LogP contribution is 2.21. The minimum atomic E-state index is -1.15. The Morgan fingerprint density at radius 2 is 1.68 bits per heavy atom. The summed E-state index contributed by atoms with van der Waals surface area (Å²) in [7, 11) is 1.56. The molecule has 0 spiro atoms. The molecule has 19 heavy (non-hydrogen) atoms. The van der Waals surface area contributed by atoms with Crippen LogP contribution in [0.5, 0.6) is 5.75 Å². The third-order valence-corrected chi connectivity index (χ3v) is 3.34. The van der Waals surface area contributed by atoms with E-state index in [2.05, 4.69) is 15.9 Å². The third kappa shape index (κ3) is 3.22. The van der Waals surface area contributed by atoms with Crippen LogP contribution in [0.2, 0.25) is 0 Å². The van der Waals surface area contributed by atoms with Crippen molar-refractivity contribution in [3.63, 3.8) is 0 Å². The van der Waals surface area contributed by atoms with Crippen molar-refractivity contribution in [2.24, 2.45) is 0 Å². The smallest absolute Gasteiger partial charge is 0.195 e. The Kier molecular flexibility index (Phi) is 4.35. The number of carbonyl (C=O) groups excluding carboxylic acids is 1. The average Bonchev–Trinajstić information content (AvgIpc) is 2.46. The zero-order chi connectivity index (χ0) is 13.8. The van der Waals surface area contributed by atoms with Crippen molar-refractivity contribution >= 4 is 21.7 Å². The van der Waals surface area contributed by atoms with E-state index in [1.54, 1.807) is 55.6 Å². The molecule has 0 aliphatic heterocycles. The molecule has 0 unspecified atom stereocenters. The summed E-state index contributed by atoms with van der Waals surface area (Å²) in [5, 5.41) is 10.1. The van der Waals surface area contributed by atoms with Crippen LogP contribution < -0.4 is 4.74 Å². The Morgan fingerprint density at radius 1 is 1.11 bits per heavy atom. The Morgan fingerprint density at radius 3 is 2.21 bits per heavy atom. The molecule has 0 amide bonds. The van der Waals surface area contributed by atoms with Crippen molar-refractivity contribution in [1.29, 1.82) is 0 Å². The number of benzene rings is 2. The molecule has 0 aliphatic carbocycles. The number of rotatable bonds is 4. The zero-order valence-electron chi connectivity index (χ0n) is 10.3. The standard InChI is InChI=1S/C15H13BrO3/c1-19-13-8-4-11(5-9-13)15(18)14(17)10-2-6-12(16)7-3-10/h2-9,14,17H,1H3/t14-/m1/s1. The van der Waals surface area contributed by atoms with Gasteiger partial charge in [-0.05, 0) is 42.0 Å². The van der Waals surface area contributed by atoms with E-state index in [0.717, 1.165) is 4.47 Å². The summed E-state index contributed by atoms with van der Waals surface area (Å²) in [6.07, 6.45) is -1.15. The van der Waals surface area contributed by atoms with Crippen molar-refractivity contribution in [3.05, 3.63) is 64.1 Å². The largest absolute Gasteiger partial charge is 0.497 e. The third-order valence-electron chi connectivity index (χ3n) is 2.81. The molecular weight excluding hydrogens is 308 g/mol. The number of carbonyl (C=O) groups is 1. The first-order valence-electron chi connectivity index (χ1n) is 5.73. The van der Waals surface area contributed by atoms with Crippen molar-refractivity contribution in [2.75, 3.05) is 7.11 Å². The first-order chi connectivity index (χ1) is 9.11. The van der Waals surface area contributed by atoms with Crippen molar-refractivity contribution in [1.82, 2.24) is 0 Å². The topological polar surface area (TPSA) is 46.5 Å². The van der Waals surface area contributed by atoms with Crippen LogP contribution in [0.15, 0.2) is 53.0 Å². The lowest BCUT2D eigenvalue weighted by atomic mass is 10.00. The number of ketones is 1. The van der Waals surface area contributed by atoms with Gasteiger partial charge in [0.05, 0.1) is 7.11 Å². The fourth-order valence-corrected chi connectivity index (χ4v) is 1.97. The zero-order valence-corrected chi connectivity index (χ0v) is 11.9. The van der Waals surface area contributed by atoms with Gasteiger partial charge in [0.1, 0.15) is 11.9 Å². The van der Waals surface area contributed by atoms with Crippen LogP contribution in [0, 0.1) is 0 Å². The molecule has 2 rings (SSSR count). The molecule has 0 heterocycles. The number of hydrogen-bond donors (Lipinski definition) is 1. The molecular formula is C15H13BrO3. The second-order valence-corrected chi connectivity index (χ2v) is 4.96. The van der Waals surface area contributed by atoms with E-state index < -0.39 is 6.10 Å². The molecule has 0 fully saturated rings. The van der Waals surface area contributed by atoms with Gasteiger partial charge in [-0.2, -0.15) is 0 Å². The highest BCUT2D eigenvalue weighted by Gasteiger charge is 2.18. The normalized spacial score (nSPS) is 11.9. The predicted molar refractivity (Wildman–Crippen MR) is 76.4 cm³/mol. The summed E-state index contributed by atoms with van der Waals surface area (Å²) >= 11 is 3.31. The molecule has 0 bridgehead atoms. The second kappa shape index (κ2) is 5.99. The van der Waals surface area contributed by atoms with Gasteiger partial charge < -0.3 is 9.84 Å². The number of ether oxygens (including phenoxy) is 1. The lowest BCUT2D eigenvalue weighted by Crippen LogP contribution is -2.12. The molecule has 2 aromatic rings. The van der Waals surface area contributed by atoms with Crippen LogP contribution >= 0.6 is 15.9 Å². The lowest BCUT2D eigenvalue weighted by molar-refractivity contribution is 0.0747. The Hall–Kier alpha value is -1.65. The summed E-state index contributed by atoms with van der Waals surface area (Å²) < 4.78 is 5.93. The minimum absolute atomic E-state index is 0.329. The van der Waals surface area contributed by atoms with Crippen LogP contribution in [0.25, 0.3) is 0 Å². The van der Waals surface area contributed by atoms with E-state index in [1.807, 2.05) is 0 Å². The number of aliphatic hydroxyl groups excluding tert-OH is 1. The Balaban J connectivity index is 2.20. The van der Waals surface area contributed by atoms with E-state index in [-0.39, 0.29) is 5.78 Å². The molecule has 0 saturated carbocycles. The van der Waals surface area contributed by atoms with Crippen LogP contribution in [-0.4, -0.2) is 18.0 Å². The van der Waals surface area contributed by atoms with E-state index in [9.17, 15) is 9.90 Å². The molecule has 0 saturated heterocycles. The van der Waals surface area contributed by atoms with Crippen LogP contribution in [0.3, 0.4) is 0 Å². The van der Waals surface area contributed by atoms with Crippen molar-refractivity contribution in [2.45, 2.75) is 6.10 Å². The van der Waals surface area contributed by atoms with E-state index in [0.29, 0.717) is 16.9 Å². The van der Waals surface area contributed by atoms with Gasteiger partial charge in [0.15, 0.2) is 5.78 Å². The Labute approximate surface area is 120 Å². The maximum absolute atomic E-state index is 12.1. The van der Waals surface area contributed by atoms with E-state index in [4.69, 9.17) is 4.74 Å². The number of hydrogen-bond acceptors (Lipinski definition) is 3. The minimum Gasteiger partial charge on any atom is -0.497 e. The molecule has 0 radical (unpaired) electrons. The highest BCUT2D eigenvalue weighted by atomic mass is 79.9. The predicted octanol–water partition coefficient (Wildman–Crippen LogP) is 3.37. The SMILES string of the molecule is COc1ccc(C(=O)[C@H](O)c2ccc(Br)cc2)cc1. The van der Waals surface area contributed by atoms with Gasteiger partial charge in [-0.1, -0.05) is 28.1 Å². The first-order valence-corrected chi connectivity index (χ1v) is 6.53. The fraction of sp³-hybridized carbons (Fsp3) is 0.133. The van der Waals surface area contributed by atoms with Crippen LogP contribution in [0.1, 0.15) is 22.0 Å². The number of Topliss-reactive ketones (excluding diaryl/α,β-unsaturated/α-hetero) is 1. The lowest BCUT2D eigenvalue weighted by Gasteiger charge is -2.10. The summed E-state index contributed by atoms with van der Waals surface area (Å²) in [6.45, 7) is 0. The number of aliphatic hydroxyl groups is 1. The van der Waals surface area contributed by atoms with Gasteiger partial charge in [-0.25, -0.2) is 0 Å². The van der Waals surface area contributed by atoms with Crippen molar-refractivity contribution in [3.8, 4) is 5.75 Å². The average molecular weight is 321 g/mol. The molecule has 0 aliphatic rings. The molecule has 2 aromatic carbocycles. The molecule has 3 nitrogen and oxygen atoms in total.